The summed E-state index contributed by atoms with van der Waals surface area (Å²) in [5.41, 5.74) is 0. The zero-order valence-electron chi connectivity index (χ0n) is 11.9. The van der Waals surface area contributed by atoms with Crippen LogP contribution in [0.3, 0.4) is 0 Å². The second kappa shape index (κ2) is 8.21. The third-order valence-corrected chi connectivity index (χ3v) is 2.92. The predicted octanol–water partition coefficient (Wildman–Crippen LogP) is 2.49. The second-order valence-corrected chi connectivity index (χ2v) is 4.63. The molecule has 0 spiro atoms. The van der Waals surface area contributed by atoms with Crippen LogP contribution in [-0.2, 0) is 11.3 Å². The highest BCUT2D eigenvalue weighted by atomic mass is 16.5. The Bertz CT molecular complexity index is 328. The van der Waals surface area contributed by atoms with Gasteiger partial charge in [-0.15, -0.1) is 0 Å². The first-order chi connectivity index (χ1) is 8.69. The van der Waals surface area contributed by atoms with Crippen molar-refractivity contribution in [3.8, 4) is 0 Å². The van der Waals surface area contributed by atoms with Crippen molar-refractivity contribution < 1.29 is 9.26 Å². The fourth-order valence-electron chi connectivity index (χ4n) is 1.58. The number of nitrogens with zero attached hydrogens (tertiary/aromatic N) is 2. The first-order valence-corrected chi connectivity index (χ1v) is 6.82. The molecule has 5 heteroatoms. The van der Waals surface area contributed by atoms with E-state index < -0.39 is 0 Å². The number of aromatic nitrogens is 2. The summed E-state index contributed by atoms with van der Waals surface area (Å²) in [7, 11) is 0. The quantitative estimate of drug-likeness (QED) is 0.687. The zero-order chi connectivity index (χ0) is 13.4. The molecule has 1 N–H and O–H groups in total. The lowest BCUT2D eigenvalue weighted by Crippen LogP contribution is -2.31. The van der Waals surface area contributed by atoms with Gasteiger partial charge in [-0.1, -0.05) is 25.9 Å². The highest BCUT2D eigenvalue weighted by Gasteiger charge is 2.20. The van der Waals surface area contributed by atoms with Crippen molar-refractivity contribution in [1.29, 1.82) is 0 Å². The van der Waals surface area contributed by atoms with Crippen molar-refractivity contribution in [3.05, 3.63) is 11.7 Å². The fourth-order valence-corrected chi connectivity index (χ4v) is 1.58. The number of ether oxygens (including phenoxy) is 1. The molecule has 0 saturated heterocycles. The molecule has 0 aliphatic heterocycles. The standard InChI is InChI=1S/C13H25N3O2/c1-5-7-14-11(4)10(3)13-15-12(16-18-13)9-17-8-6-2/h10-11,14H,5-9H2,1-4H3. The molecule has 1 aromatic heterocycles. The SMILES string of the molecule is CCCNC(C)C(C)c1nc(COCCC)no1. The first kappa shape index (κ1) is 15.1. The van der Waals surface area contributed by atoms with E-state index >= 15 is 0 Å². The van der Waals surface area contributed by atoms with Gasteiger partial charge in [-0.05, 0) is 26.3 Å². The van der Waals surface area contributed by atoms with Crippen LogP contribution >= 0.6 is 0 Å². The molecule has 18 heavy (non-hydrogen) atoms. The van der Waals surface area contributed by atoms with Gasteiger partial charge in [0.25, 0.3) is 0 Å². The summed E-state index contributed by atoms with van der Waals surface area (Å²) in [5, 5.41) is 7.37. The maximum Gasteiger partial charge on any atom is 0.231 e. The van der Waals surface area contributed by atoms with E-state index in [9.17, 15) is 0 Å². The highest BCUT2D eigenvalue weighted by Crippen LogP contribution is 2.17. The lowest BCUT2D eigenvalue weighted by Gasteiger charge is -2.17. The van der Waals surface area contributed by atoms with Crippen LogP contribution in [0.4, 0.5) is 0 Å². The van der Waals surface area contributed by atoms with Gasteiger partial charge >= 0.3 is 0 Å². The molecule has 0 amide bonds. The Balaban J connectivity index is 2.45. The van der Waals surface area contributed by atoms with E-state index in [1.807, 2.05) is 0 Å². The molecule has 5 nitrogen and oxygen atoms in total. The number of hydrogen-bond donors (Lipinski definition) is 1. The van der Waals surface area contributed by atoms with Gasteiger partial charge in [0.15, 0.2) is 5.82 Å². The average Bonchev–Trinajstić information content (AvgIpc) is 2.84. The minimum absolute atomic E-state index is 0.212. The van der Waals surface area contributed by atoms with Crippen LogP contribution < -0.4 is 5.32 Å². The minimum Gasteiger partial charge on any atom is -0.373 e. The Labute approximate surface area is 109 Å². The van der Waals surface area contributed by atoms with E-state index in [1.54, 1.807) is 0 Å². The molecule has 104 valence electrons. The van der Waals surface area contributed by atoms with Crippen LogP contribution in [0.1, 0.15) is 58.2 Å². The van der Waals surface area contributed by atoms with Crippen molar-refractivity contribution >= 4 is 0 Å². The molecule has 0 aliphatic carbocycles. The van der Waals surface area contributed by atoms with Crippen LogP contribution in [0.25, 0.3) is 0 Å². The summed E-state index contributed by atoms with van der Waals surface area (Å²) in [6.45, 7) is 10.6. The normalized spacial score (nSPS) is 14.7. The van der Waals surface area contributed by atoms with Crippen LogP contribution in [0.2, 0.25) is 0 Å². The third kappa shape index (κ3) is 4.74. The summed E-state index contributed by atoms with van der Waals surface area (Å²) in [6.07, 6.45) is 2.12. The number of rotatable bonds is 9. The molecule has 1 aromatic rings. The van der Waals surface area contributed by atoms with E-state index in [0.717, 1.165) is 26.0 Å². The summed E-state index contributed by atoms with van der Waals surface area (Å²) in [4.78, 5) is 4.37. The van der Waals surface area contributed by atoms with E-state index in [1.165, 1.54) is 0 Å². The van der Waals surface area contributed by atoms with Gasteiger partial charge in [0.05, 0.1) is 5.92 Å². The largest absolute Gasteiger partial charge is 0.373 e. The van der Waals surface area contributed by atoms with Gasteiger partial charge in [0, 0.05) is 12.6 Å². The number of nitrogens with one attached hydrogen (secondary N) is 1. The lowest BCUT2D eigenvalue weighted by molar-refractivity contribution is 0.114. The molecule has 0 aliphatic rings. The lowest BCUT2D eigenvalue weighted by atomic mass is 10.0. The summed E-state index contributed by atoms with van der Waals surface area (Å²) >= 11 is 0. The predicted molar refractivity (Wildman–Crippen MR) is 70.4 cm³/mol. The summed E-state index contributed by atoms with van der Waals surface area (Å²) < 4.78 is 10.7. The van der Waals surface area contributed by atoms with Gasteiger partial charge in [0.1, 0.15) is 6.61 Å². The van der Waals surface area contributed by atoms with Crippen molar-refractivity contribution in [3.63, 3.8) is 0 Å². The van der Waals surface area contributed by atoms with Crippen molar-refractivity contribution in [1.82, 2.24) is 15.5 Å². The fraction of sp³-hybridized carbons (Fsp3) is 0.846. The molecule has 0 bridgehead atoms. The molecule has 1 rings (SSSR count). The van der Waals surface area contributed by atoms with Crippen molar-refractivity contribution in [2.75, 3.05) is 13.2 Å². The Hall–Kier alpha value is -0.940. The van der Waals surface area contributed by atoms with Crippen molar-refractivity contribution in [2.45, 2.75) is 59.1 Å². The topological polar surface area (TPSA) is 60.2 Å². The Morgan fingerprint density at radius 2 is 2.06 bits per heavy atom. The monoisotopic (exact) mass is 255 g/mol. The molecule has 2 unspecified atom stereocenters. The smallest absolute Gasteiger partial charge is 0.231 e. The van der Waals surface area contributed by atoms with Crippen molar-refractivity contribution in [2.24, 2.45) is 0 Å². The average molecular weight is 255 g/mol. The molecular weight excluding hydrogens is 230 g/mol. The summed E-state index contributed by atoms with van der Waals surface area (Å²) in [6, 6.07) is 0.329. The maximum atomic E-state index is 5.39. The Morgan fingerprint density at radius 1 is 1.28 bits per heavy atom. The minimum atomic E-state index is 0.212. The number of hydrogen-bond acceptors (Lipinski definition) is 5. The molecule has 0 radical (unpaired) electrons. The van der Waals surface area contributed by atoms with Crippen LogP contribution in [0.5, 0.6) is 0 Å². The Morgan fingerprint density at radius 3 is 2.72 bits per heavy atom. The molecule has 2 atom stereocenters. The first-order valence-electron chi connectivity index (χ1n) is 6.82. The van der Waals surface area contributed by atoms with Gasteiger partial charge in [-0.25, -0.2) is 0 Å². The molecule has 1 heterocycles. The maximum absolute atomic E-state index is 5.39. The molecule has 0 saturated carbocycles. The van der Waals surface area contributed by atoms with E-state index in [0.29, 0.717) is 24.4 Å². The van der Waals surface area contributed by atoms with Crippen LogP contribution in [-0.4, -0.2) is 29.3 Å². The zero-order valence-corrected chi connectivity index (χ0v) is 11.9. The van der Waals surface area contributed by atoms with Crippen LogP contribution in [0.15, 0.2) is 4.52 Å². The summed E-state index contributed by atoms with van der Waals surface area (Å²) in [5.74, 6) is 1.53. The van der Waals surface area contributed by atoms with Gasteiger partial charge in [-0.3, -0.25) is 0 Å². The molecular formula is C13H25N3O2. The van der Waals surface area contributed by atoms with Gasteiger partial charge in [-0.2, -0.15) is 4.98 Å². The van der Waals surface area contributed by atoms with Gasteiger partial charge in [0.2, 0.25) is 5.89 Å². The molecule has 0 aromatic carbocycles. The third-order valence-electron chi connectivity index (χ3n) is 2.92. The molecule has 0 fully saturated rings. The van der Waals surface area contributed by atoms with E-state index in [2.05, 4.69) is 43.2 Å². The Kier molecular flexibility index (Phi) is 6.90. The van der Waals surface area contributed by atoms with E-state index in [-0.39, 0.29) is 5.92 Å². The highest BCUT2D eigenvalue weighted by molar-refractivity contribution is 4.95. The van der Waals surface area contributed by atoms with Crippen LogP contribution in [0, 0.1) is 0 Å². The second-order valence-electron chi connectivity index (χ2n) is 4.63. The van der Waals surface area contributed by atoms with E-state index in [4.69, 9.17) is 9.26 Å². The van der Waals surface area contributed by atoms with Gasteiger partial charge < -0.3 is 14.6 Å².